The van der Waals surface area contributed by atoms with Gasteiger partial charge in [-0.3, -0.25) is 9.48 Å². The van der Waals surface area contributed by atoms with Crippen molar-refractivity contribution >= 4 is 0 Å². The largest absolute Gasteiger partial charge is 0.306 e. The predicted molar refractivity (Wildman–Crippen MR) is 71.6 cm³/mol. The van der Waals surface area contributed by atoms with Crippen LogP contribution < -0.4 is 5.56 Å². The summed E-state index contributed by atoms with van der Waals surface area (Å²) in [4.78, 5) is 18.0. The number of nitrogens with one attached hydrogen (secondary N) is 1. The van der Waals surface area contributed by atoms with Crippen LogP contribution in [0.4, 0.5) is 0 Å². The van der Waals surface area contributed by atoms with Crippen LogP contribution in [0.5, 0.6) is 0 Å². The summed E-state index contributed by atoms with van der Waals surface area (Å²) in [6.45, 7) is 0.692. The summed E-state index contributed by atoms with van der Waals surface area (Å²) in [6, 6.07) is 11.5. The Morgan fingerprint density at radius 2 is 2.00 bits per heavy atom. The smallest absolute Gasteiger partial charge is 0.251 e. The molecule has 3 aromatic rings. The molecule has 0 fully saturated rings. The maximum Gasteiger partial charge on any atom is 0.251 e. The molecule has 3 rings (SSSR count). The maximum absolute atomic E-state index is 11.2. The van der Waals surface area contributed by atoms with Gasteiger partial charge in [0.25, 0.3) is 5.56 Å². The van der Waals surface area contributed by atoms with E-state index in [0.717, 1.165) is 5.56 Å². The predicted octanol–water partition coefficient (Wildman–Crippen LogP) is 1.68. The second-order valence-corrected chi connectivity index (χ2v) is 4.19. The van der Waals surface area contributed by atoms with Crippen LogP contribution in [0.25, 0.3) is 11.4 Å². The Morgan fingerprint density at radius 3 is 2.79 bits per heavy atom. The number of hydrogen-bond donors (Lipinski definition) is 1. The number of benzene rings is 1. The summed E-state index contributed by atoms with van der Waals surface area (Å²) in [5.74, 6) is 0.534. The molecule has 2 aromatic heterocycles. The quantitative estimate of drug-likeness (QED) is 0.771. The zero-order valence-corrected chi connectivity index (χ0v) is 10.2. The van der Waals surface area contributed by atoms with E-state index in [0.29, 0.717) is 12.4 Å². The minimum absolute atomic E-state index is 0.166. The highest BCUT2D eigenvalue weighted by molar-refractivity contribution is 5.51. The van der Waals surface area contributed by atoms with Crippen LogP contribution in [-0.4, -0.2) is 19.7 Å². The lowest BCUT2D eigenvalue weighted by Crippen LogP contribution is -2.05. The highest BCUT2D eigenvalue weighted by atomic mass is 16.1. The summed E-state index contributed by atoms with van der Waals surface area (Å²) < 4.78 is 1.82. The number of H-pyrrole nitrogens is 1. The van der Waals surface area contributed by atoms with Crippen molar-refractivity contribution in [2.24, 2.45) is 0 Å². The molecule has 0 atom stereocenters. The first-order valence-corrected chi connectivity index (χ1v) is 5.93. The van der Waals surface area contributed by atoms with Crippen molar-refractivity contribution in [2.75, 3.05) is 0 Å². The average molecular weight is 252 g/mol. The Hall–Kier alpha value is -2.69. The number of aromatic nitrogens is 4. The van der Waals surface area contributed by atoms with Crippen LogP contribution in [-0.2, 0) is 6.54 Å². The van der Waals surface area contributed by atoms with Gasteiger partial charge in [-0.1, -0.05) is 30.3 Å². The third kappa shape index (κ3) is 2.60. The Kier molecular flexibility index (Phi) is 2.94. The molecule has 1 N–H and O–H groups in total. The number of rotatable bonds is 3. The van der Waals surface area contributed by atoms with Gasteiger partial charge in [0.15, 0.2) is 0 Å². The lowest BCUT2D eigenvalue weighted by molar-refractivity contribution is 0.687. The van der Waals surface area contributed by atoms with E-state index in [2.05, 4.69) is 15.1 Å². The molecule has 0 aliphatic rings. The highest BCUT2D eigenvalue weighted by Crippen LogP contribution is 2.12. The van der Waals surface area contributed by atoms with E-state index >= 15 is 0 Å². The molecule has 0 aliphatic carbocycles. The van der Waals surface area contributed by atoms with Gasteiger partial charge in [-0.25, -0.2) is 4.98 Å². The Labute approximate surface area is 109 Å². The van der Waals surface area contributed by atoms with Gasteiger partial charge in [-0.2, -0.15) is 5.10 Å². The Morgan fingerprint density at radius 1 is 1.16 bits per heavy atom. The molecule has 0 saturated heterocycles. The molecule has 0 amide bonds. The van der Waals surface area contributed by atoms with Crippen molar-refractivity contribution in [3.05, 3.63) is 70.9 Å². The first-order chi connectivity index (χ1) is 9.31. The van der Waals surface area contributed by atoms with Gasteiger partial charge in [-0.05, 0) is 5.56 Å². The van der Waals surface area contributed by atoms with Crippen LogP contribution in [0.1, 0.15) is 5.56 Å². The number of aromatic amines is 1. The molecule has 0 unspecified atom stereocenters. The van der Waals surface area contributed by atoms with Crippen LogP contribution in [0, 0.1) is 0 Å². The molecule has 0 saturated carbocycles. The molecular weight excluding hydrogens is 240 g/mol. The lowest BCUT2D eigenvalue weighted by atomic mass is 10.2. The zero-order valence-electron chi connectivity index (χ0n) is 10.2. The van der Waals surface area contributed by atoms with E-state index in [1.165, 1.54) is 17.8 Å². The van der Waals surface area contributed by atoms with Gasteiger partial charge in [-0.15, -0.1) is 0 Å². The fraction of sp³-hybridized carbons (Fsp3) is 0.0714. The minimum atomic E-state index is -0.166. The summed E-state index contributed by atoms with van der Waals surface area (Å²) in [5, 5.41) is 4.27. The number of nitrogens with zero attached hydrogens (tertiary/aromatic N) is 3. The van der Waals surface area contributed by atoms with Crippen LogP contribution in [0.3, 0.4) is 0 Å². The first kappa shape index (κ1) is 11.4. The molecule has 1 aromatic carbocycles. The Bertz CT molecular complexity index is 730. The van der Waals surface area contributed by atoms with E-state index in [4.69, 9.17) is 0 Å². The molecule has 0 bridgehead atoms. The van der Waals surface area contributed by atoms with Crippen molar-refractivity contribution in [1.82, 2.24) is 19.7 Å². The second-order valence-electron chi connectivity index (χ2n) is 4.19. The normalized spacial score (nSPS) is 10.5. The first-order valence-electron chi connectivity index (χ1n) is 5.93. The molecule has 2 heterocycles. The summed E-state index contributed by atoms with van der Waals surface area (Å²) in [6.07, 6.45) is 5.05. The van der Waals surface area contributed by atoms with Gasteiger partial charge >= 0.3 is 0 Å². The Balaban J connectivity index is 1.86. The van der Waals surface area contributed by atoms with E-state index < -0.39 is 0 Å². The van der Waals surface area contributed by atoms with Crippen LogP contribution in [0.2, 0.25) is 0 Å². The summed E-state index contributed by atoms with van der Waals surface area (Å²) in [5.41, 5.74) is 1.81. The molecule has 5 heteroatoms. The van der Waals surface area contributed by atoms with E-state index in [9.17, 15) is 4.79 Å². The lowest BCUT2D eigenvalue weighted by Gasteiger charge is -2.00. The van der Waals surface area contributed by atoms with Crippen LogP contribution >= 0.6 is 0 Å². The van der Waals surface area contributed by atoms with Gasteiger partial charge < -0.3 is 4.98 Å². The SMILES string of the molecule is O=c1ccnc(-c2cnn(Cc3ccccc3)c2)[nH]1. The van der Waals surface area contributed by atoms with Gasteiger partial charge in [0.05, 0.1) is 18.3 Å². The zero-order chi connectivity index (χ0) is 13.1. The minimum Gasteiger partial charge on any atom is -0.306 e. The maximum atomic E-state index is 11.2. The molecule has 0 radical (unpaired) electrons. The van der Waals surface area contributed by atoms with Gasteiger partial charge in [0, 0.05) is 18.5 Å². The topological polar surface area (TPSA) is 63.6 Å². The molecule has 5 nitrogen and oxygen atoms in total. The van der Waals surface area contributed by atoms with Crippen molar-refractivity contribution in [3.8, 4) is 11.4 Å². The molecule has 19 heavy (non-hydrogen) atoms. The number of hydrogen-bond acceptors (Lipinski definition) is 3. The van der Waals surface area contributed by atoms with Gasteiger partial charge in [0.2, 0.25) is 0 Å². The van der Waals surface area contributed by atoms with Crippen LogP contribution in [0.15, 0.2) is 59.8 Å². The van der Waals surface area contributed by atoms with Gasteiger partial charge in [0.1, 0.15) is 5.82 Å². The van der Waals surface area contributed by atoms with Crippen molar-refractivity contribution in [2.45, 2.75) is 6.54 Å². The van der Waals surface area contributed by atoms with Crippen molar-refractivity contribution in [1.29, 1.82) is 0 Å². The van der Waals surface area contributed by atoms with Crippen molar-refractivity contribution < 1.29 is 0 Å². The third-order valence-corrected chi connectivity index (χ3v) is 2.77. The van der Waals surface area contributed by atoms with Crippen molar-refractivity contribution in [3.63, 3.8) is 0 Å². The second kappa shape index (κ2) is 4.89. The van der Waals surface area contributed by atoms with E-state index in [-0.39, 0.29) is 5.56 Å². The fourth-order valence-corrected chi connectivity index (χ4v) is 1.86. The fourth-order valence-electron chi connectivity index (χ4n) is 1.86. The standard InChI is InChI=1S/C14H12N4O/c19-13-6-7-15-14(17-13)12-8-16-18(10-12)9-11-4-2-1-3-5-11/h1-8,10H,9H2,(H,15,17,19). The molecule has 0 spiro atoms. The molecule has 0 aliphatic heterocycles. The van der Waals surface area contributed by atoms with E-state index in [1.54, 1.807) is 6.20 Å². The monoisotopic (exact) mass is 252 g/mol. The molecular formula is C14H12N4O. The highest BCUT2D eigenvalue weighted by Gasteiger charge is 2.04. The van der Waals surface area contributed by atoms with E-state index in [1.807, 2.05) is 41.2 Å². The molecule has 94 valence electrons. The third-order valence-electron chi connectivity index (χ3n) is 2.77. The summed E-state index contributed by atoms with van der Waals surface area (Å²) in [7, 11) is 0. The summed E-state index contributed by atoms with van der Waals surface area (Å²) >= 11 is 0. The average Bonchev–Trinajstić information content (AvgIpc) is 2.88.